The van der Waals surface area contributed by atoms with E-state index >= 15 is 0 Å². The van der Waals surface area contributed by atoms with Crippen molar-refractivity contribution >= 4 is 29.2 Å². The second-order valence-corrected chi connectivity index (χ2v) is 9.16. The van der Waals surface area contributed by atoms with Crippen molar-refractivity contribution < 1.29 is 0 Å². The van der Waals surface area contributed by atoms with Gasteiger partial charge in [0, 0.05) is 55.1 Å². The minimum Gasteiger partial charge on any atom is -0.368 e. The number of hydrogen-bond donors (Lipinski definition) is 1. The lowest BCUT2D eigenvalue weighted by molar-refractivity contribution is 0.366. The van der Waals surface area contributed by atoms with Gasteiger partial charge in [0.05, 0.1) is 0 Å². The second kappa shape index (κ2) is 10.8. The standard InChI is InChI=1S/C25H36N4S/c1-6-7-8-15-30-27-23-9-10-24(20(3)17-23)22(5)28-11-13-29(14-12-28)25-21(4)16-19(2)18-26-25/h9-10,16-18,27H,5-8,11-15H2,1-4H3. The highest BCUT2D eigenvalue weighted by Crippen LogP contribution is 2.27. The Bertz CT molecular complexity index is 856. The number of anilines is 2. The van der Waals surface area contributed by atoms with Crippen LogP contribution in [0.25, 0.3) is 5.70 Å². The minimum atomic E-state index is 0.973. The fourth-order valence-electron chi connectivity index (χ4n) is 4.01. The van der Waals surface area contributed by atoms with E-state index in [1.807, 2.05) is 6.20 Å². The number of benzene rings is 1. The summed E-state index contributed by atoms with van der Waals surface area (Å²) in [7, 11) is 0. The second-order valence-electron chi connectivity index (χ2n) is 8.26. The molecule has 1 aromatic carbocycles. The van der Waals surface area contributed by atoms with Crippen LogP contribution in [0.2, 0.25) is 0 Å². The number of hydrogen-bond acceptors (Lipinski definition) is 5. The first-order valence-corrected chi connectivity index (χ1v) is 12.1. The molecule has 0 saturated carbocycles. The summed E-state index contributed by atoms with van der Waals surface area (Å²) < 4.78 is 3.48. The Hall–Kier alpha value is -2.14. The minimum absolute atomic E-state index is 0.973. The normalized spacial score (nSPS) is 14.1. The summed E-state index contributed by atoms with van der Waals surface area (Å²) in [5.41, 5.74) is 7.30. The zero-order valence-corrected chi connectivity index (χ0v) is 19.8. The largest absolute Gasteiger partial charge is 0.368 e. The van der Waals surface area contributed by atoms with Gasteiger partial charge in [-0.05, 0) is 56.0 Å². The number of pyridine rings is 1. The van der Waals surface area contributed by atoms with Gasteiger partial charge in [-0.25, -0.2) is 4.98 Å². The van der Waals surface area contributed by atoms with Gasteiger partial charge in [-0.1, -0.05) is 50.4 Å². The van der Waals surface area contributed by atoms with E-state index in [0.29, 0.717) is 0 Å². The number of rotatable bonds is 9. The van der Waals surface area contributed by atoms with Crippen LogP contribution in [0.5, 0.6) is 0 Å². The summed E-state index contributed by atoms with van der Waals surface area (Å²) in [6, 6.07) is 8.85. The van der Waals surface area contributed by atoms with Crippen LogP contribution in [0.1, 0.15) is 48.4 Å². The summed E-state index contributed by atoms with van der Waals surface area (Å²) in [5.74, 6) is 2.27. The molecule has 2 heterocycles. The molecule has 0 aliphatic carbocycles. The smallest absolute Gasteiger partial charge is 0.131 e. The molecular formula is C25H36N4S. The van der Waals surface area contributed by atoms with Crippen molar-refractivity contribution in [2.45, 2.75) is 47.0 Å². The van der Waals surface area contributed by atoms with E-state index in [4.69, 9.17) is 0 Å². The number of aromatic nitrogens is 1. The zero-order chi connectivity index (χ0) is 21.5. The third kappa shape index (κ3) is 5.72. The Morgan fingerprint density at radius 2 is 1.83 bits per heavy atom. The Morgan fingerprint density at radius 1 is 1.07 bits per heavy atom. The maximum Gasteiger partial charge on any atom is 0.131 e. The lowest BCUT2D eigenvalue weighted by Gasteiger charge is -2.38. The lowest BCUT2D eigenvalue weighted by atomic mass is 10.0. The van der Waals surface area contributed by atoms with Gasteiger partial charge in [0.15, 0.2) is 0 Å². The summed E-state index contributed by atoms with van der Waals surface area (Å²) in [5, 5.41) is 0. The SMILES string of the molecule is C=C(c1ccc(NSCCCCC)cc1C)N1CCN(c2ncc(C)cc2C)CC1. The molecule has 0 unspecified atom stereocenters. The van der Waals surface area contributed by atoms with Crippen LogP contribution < -0.4 is 9.62 Å². The Balaban J connectivity index is 1.55. The Kier molecular flexibility index (Phi) is 8.08. The Labute approximate surface area is 186 Å². The van der Waals surface area contributed by atoms with Crippen molar-refractivity contribution in [1.82, 2.24) is 9.88 Å². The van der Waals surface area contributed by atoms with E-state index in [1.165, 1.54) is 47.2 Å². The monoisotopic (exact) mass is 424 g/mol. The average molecular weight is 425 g/mol. The van der Waals surface area contributed by atoms with Gasteiger partial charge in [0.2, 0.25) is 0 Å². The molecule has 1 aliphatic rings. The first kappa shape index (κ1) is 22.5. The molecule has 0 atom stereocenters. The highest BCUT2D eigenvalue weighted by atomic mass is 32.2. The maximum atomic E-state index is 4.67. The molecule has 5 heteroatoms. The van der Waals surface area contributed by atoms with Gasteiger partial charge in [0.1, 0.15) is 5.82 Å². The number of nitrogens with zero attached hydrogens (tertiary/aromatic N) is 3. The van der Waals surface area contributed by atoms with Gasteiger partial charge in [-0.15, -0.1) is 0 Å². The first-order chi connectivity index (χ1) is 14.5. The molecule has 0 bridgehead atoms. The van der Waals surface area contributed by atoms with Crippen molar-refractivity contribution in [3.05, 3.63) is 59.3 Å². The van der Waals surface area contributed by atoms with Crippen molar-refractivity contribution in [3.8, 4) is 0 Å². The van der Waals surface area contributed by atoms with E-state index in [1.54, 1.807) is 11.9 Å². The van der Waals surface area contributed by atoms with Crippen LogP contribution in [0.3, 0.4) is 0 Å². The number of piperazine rings is 1. The molecule has 30 heavy (non-hydrogen) atoms. The fraction of sp³-hybridized carbons (Fsp3) is 0.480. The molecular weight excluding hydrogens is 388 g/mol. The van der Waals surface area contributed by atoms with Crippen molar-refractivity contribution in [2.75, 3.05) is 41.6 Å². The lowest BCUT2D eigenvalue weighted by Crippen LogP contribution is -2.46. The van der Waals surface area contributed by atoms with Gasteiger partial charge in [-0.3, -0.25) is 0 Å². The molecule has 4 nitrogen and oxygen atoms in total. The van der Waals surface area contributed by atoms with E-state index < -0.39 is 0 Å². The number of aryl methyl sites for hydroxylation is 3. The van der Waals surface area contributed by atoms with Crippen LogP contribution in [-0.4, -0.2) is 41.8 Å². The molecule has 2 aromatic rings. The van der Waals surface area contributed by atoms with Crippen LogP contribution in [0, 0.1) is 20.8 Å². The zero-order valence-electron chi connectivity index (χ0n) is 19.0. The maximum absolute atomic E-state index is 4.67. The predicted molar refractivity (Wildman–Crippen MR) is 133 cm³/mol. The van der Waals surface area contributed by atoms with Crippen LogP contribution in [-0.2, 0) is 0 Å². The van der Waals surface area contributed by atoms with E-state index in [2.05, 4.69) is 78.0 Å². The number of unbranched alkanes of at least 4 members (excludes halogenated alkanes) is 2. The van der Waals surface area contributed by atoms with E-state index in [0.717, 1.165) is 43.4 Å². The molecule has 1 aromatic heterocycles. The molecule has 0 spiro atoms. The average Bonchev–Trinajstić information content (AvgIpc) is 2.73. The fourth-order valence-corrected chi connectivity index (χ4v) is 4.75. The summed E-state index contributed by atoms with van der Waals surface area (Å²) in [4.78, 5) is 9.48. The molecule has 1 fully saturated rings. The summed E-state index contributed by atoms with van der Waals surface area (Å²) in [6.45, 7) is 17.0. The topological polar surface area (TPSA) is 31.4 Å². The molecule has 0 radical (unpaired) electrons. The van der Waals surface area contributed by atoms with Gasteiger partial charge in [0.25, 0.3) is 0 Å². The molecule has 1 N–H and O–H groups in total. The third-order valence-corrected chi connectivity index (χ3v) is 6.60. The van der Waals surface area contributed by atoms with Gasteiger partial charge < -0.3 is 14.5 Å². The van der Waals surface area contributed by atoms with Crippen molar-refractivity contribution in [1.29, 1.82) is 0 Å². The number of nitrogens with one attached hydrogen (secondary N) is 1. The summed E-state index contributed by atoms with van der Waals surface area (Å²) >= 11 is 1.80. The van der Waals surface area contributed by atoms with Crippen LogP contribution >= 0.6 is 11.9 Å². The quantitative estimate of drug-likeness (QED) is 0.391. The van der Waals surface area contributed by atoms with E-state index in [9.17, 15) is 0 Å². The summed E-state index contributed by atoms with van der Waals surface area (Å²) in [6.07, 6.45) is 5.81. The van der Waals surface area contributed by atoms with Gasteiger partial charge >= 0.3 is 0 Å². The highest BCUT2D eigenvalue weighted by Gasteiger charge is 2.21. The van der Waals surface area contributed by atoms with Crippen molar-refractivity contribution in [3.63, 3.8) is 0 Å². The molecule has 1 aliphatic heterocycles. The molecule has 162 valence electrons. The molecule has 0 amide bonds. The van der Waals surface area contributed by atoms with Crippen LogP contribution in [0.15, 0.2) is 37.0 Å². The molecule has 3 rings (SSSR count). The van der Waals surface area contributed by atoms with Crippen LogP contribution in [0.4, 0.5) is 11.5 Å². The first-order valence-electron chi connectivity index (χ1n) is 11.1. The third-order valence-electron chi connectivity index (χ3n) is 5.73. The molecule has 1 saturated heterocycles. The van der Waals surface area contributed by atoms with Crippen molar-refractivity contribution in [2.24, 2.45) is 0 Å². The predicted octanol–water partition coefficient (Wildman–Crippen LogP) is 6.05. The Morgan fingerprint density at radius 3 is 2.50 bits per heavy atom. The van der Waals surface area contributed by atoms with Gasteiger partial charge in [-0.2, -0.15) is 0 Å². The highest BCUT2D eigenvalue weighted by molar-refractivity contribution is 8.00. The van der Waals surface area contributed by atoms with E-state index in [-0.39, 0.29) is 0 Å².